The van der Waals surface area contributed by atoms with Gasteiger partial charge in [-0.25, -0.2) is 0 Å². The van der Waals surface area contributed by atoms with Gasteiger partial charge in [0.1, 0.15) is 17.7 Å². The first-order chi connectivity index (χ1) is 8.97. The Morgan fingerprint density at radius 1 is 1.05 bits per heavy atom. The fraction of sp³-hybridized carbons (Fsp3) is 0.0769. The molecule has 2 aromatic carbocycles. The van der Waals surface area contributed by atoms with Crippen LogP contribution in [0.4, 0.5) is 0 Å². The molecule has 0 heterocycles. The van der Waals surface area contributed by atoms with Crippen LogP contribution in [0.3, 0.4) is 0 Å². The molecule has 4 nitrogen and oxygen atoms in total. The highest BCUT2D eigenvalue weighted by Gasteiger charge is 2.21. The molecule has 0 aliphatic carbocycles. The number of rotatable bonds is 4. The van der Waals surface area contributed by atoms with Crippen molar-refractivity contribution >= 4 is 24.5 Å². The van der Waals surface area contributed by atoms with E-state index in [0.717, 1.165) is 5.56 Å². The van der Waals surface area contributed by atoms with Gasteiger partial charge in [0.25, 0.3) is 0 Å². The number of ether oxygens (including phenoxy) is 1. The second-order valence-corrected chi connectivity index (χ2v) is 5.93. The molecule has 2 N–H and O–H groups in total. The zero-order chi connectivity index (χ0) is 13.9. The quantitative estimate of drug-likeness (QED) is 0.852. The largest absolute Gasteiger partial charge is 0.488 e. The van der Waals surface area contributed by atoms with Crippen LogP contribution in [-0.2, 0) is 11.2 Å². The van der Waals surface area contributed by atoms with Crippen LogP contribution in [-0.4, -0.2) is 9.79 Å². The fourth-order valence-corrected chi connectivity index (χ4v) is 2.39. The molecule has 2 aromatic rings. The molecule has 2 rings (SSSR count). The van der Waals surface area contributed by atoms with Crippen LogP contribution in [0, 0.1) is 0 Å². The van der Waals surface area contributed by atoms with E-state index in [0.29, 0.717) is 5.02 Å². The first-order valence-corrected chi connectivity index (χ1v) is 7.48. The van der Waals surface area contributed by atoms with Crippen molar-refractivity contribution in [1.29, 1.82) is 0 Å². The summed E-state index contributed by atoms with van der Waals surface area (Å²) in [6.07, 6.45) is 0. The minimum atomic E-state index is -4.33. The highest BCUT2D eigenvalue weighted by Crippen LogP contribution is 2.37. The predicted molar refractivity (Wildman–Crippen MR) is 73.9 cm³/mol. The molecular formula is C13H12ClO4P. The summed E-state index contributed by atoms with van der Waals surface area (Å²) in [4.78, 5) is 18.4. The molecule has 0 spiro atoms. The first-order valence-electron chi connectivity index (χ1n) is 5.49. The van der Waals surface area contributed by atoms with Crippen LogP contribution in [0.25, 0.3) is 0 Å². The maximum atomic E-state index is 11.3. The highest BCUT2D eigenvalue weighted by atomic mass is 35.5. The maximum Gasteiger partial charge on any atom is 0.359 e. The van der Waals surface area contributed by atoms with Gasteiger partial charge in [0.05, 0.1) is 0 Å². The molecule has 6 heteroatoms. The first kappa shape index (κ1) is 14.1. The third-order valence-electron chi connectivity index (χ3n) is 2.49. The molecule has 0 unspecified atom stereocenters. The third-order valence-corrected chi connectivity index (χ3v) is 3.74. The van der Waals surface area contributed by atoms with Gasteiger partial charge in [-0.05, 0) is 29.8 Å². The van der Waals surface area contributed by atoms with Crippen molar-refractivity contribution < 1.29 is 19.1 Å². The Balaban J connectivity index is 2.16. The minimum Gasteiger partial charge on any atom is -0.488 e. The lowest BCUT2D eigenvalue weighted by atomic mass is 10.2. The molecule has 0 aliphatic rings. The van der Waals surface area contributed by atoms with Gasteiger partial charge in [-0.3, -0.25) is 4.57 Å². The predicted octanol–water partition coefficient (Wildman–Crippen LogP) is 2.72. The third kappa shape index (κ3) is 3.82. The zero-order valence-electron chi connectivity index (χ0n) is 9.86. The van der Waals surface area contributed by atoms with Gasteiger partial charge < -0.3 is 14.5 Å². The van der Waals surface area contributed by atoms with E-state index in [9.17, 15) is 14.4 Å². The van der Waals surface area contributed by atoms with E-state index >= 15 is 0 Å². The summed E-state index contributed by atoms with van der Waals surface area (Å²) in [5.41, 5.74) is 0.866. The lowest BCUT2D eigenvalue weighted by Gasteiger charge is -2.12. The van der Waals surface area contributed by atoms with Crippen molar-refractivity contribution in [2.75, 3.05) is 0 Å². The van der Waals surface area contributed by atoms with Gasteiger partial charge >= 0.3 is 7.60 Å². The molecule has 19 heavy (non-hydrogen) atoms. The normalized spacial score (nSPS) is 11.3. The Labute approximate surface area is 115 Å². The molecule has 0 bridgehead atoms. The molecular weight excluding hydrogens is 287 g/mol. The topological polar surface area (TPSA) is 66.8 Å². The Kier molecular flexibility index (Phi) is 4.27. The summed E-state index contributed by atoms with van der Waals surface area (Å²) in [7, 11) is -4.33. The monoisotopic (exact) mass is 298 g/mol. The SMILES string of the molecule is O=P(O)(O)c1ccccc1OCc1ccc(Cl)cc1. The summed E-state index contributed by atoms with van der Waals surface area (Å²) in [5, 5.41) is 0.517. The second-order valence-electron chi connectivity index (χ2n) is 3.93. The molecule has 0 saturated carbocycles. The Bertz CT molecular complexity index is 606. The standard InChI is InChI=1S/C13H12ClO4P/c14-11-7-5-10(6-8-11)9-18-12-3-1-2-4-13(12)19(15,16)17/h1-8H,9H2,(H2,15,16,17). The Morgan fingerprint density at radius 3 is 2.32 bits per heavy atom. The number of para-hydroxylation sites is 1. The number of halogens is 1. The van der Waals surface area contributed by atoms with Crippen LogP contribution >= 0.6 is 19.2 Å². The molecule has 0 atom stereocenters. The average molecular weight is 299 g/mol. The highest BCUT2D eigenvalue weighted by molar-refractivity contribution is 7.60. The number of hydrogen-bond acceptors (Lipinski definition) is 2. The molecule has 0 fully saturated rings. The van der Waals surface area contributed by atoms with Crippen LogP contribution in [0.1, 0.15) is 5.56 Å². The summed E-state index contributed by atoms with van der Waals surface area (Å²) in [5.74, 6) is 0.186. The van der Waals surface area contributed by atoms with E-state index in [1.165, 1.54) is 12.1 Å². The van der Waals surface area contributed by atoms with E-state index in [1.807, 2.05) is 0 Å². The van der Waals surface area contributed by atoms with Crippen LogP contribution in [0.2, 0.25) is 5.02 Å². The lowest BCUT2D eigenvalue weighted by molar-refractivity contribution is 0.306. The minimum absolute atomic E-state index is 0.107. The van der Waals surface area contributed by atoms with Gasteiger partial charge in [0, 0.05) is 5.02 Å². The van der Waals surface area contributed by atoms with E-state index in [-0.39, 0.29) is 17.7 Å². The maximum absolute atomic E-state index is 11.3. The molecule has 0 aliphatic heterocycles. The molecule has 0 radical (unpaired) electrons. The van der Waals surface area contributed by atoms with E-state index in [2.05, 4.69) is 0 Å². The van der Waals surface area contributed by atoms with Crippen LogP contribution < -0.4 is 10.0 Å². The molecule has 100 valence electrons. The van der Waals surface area contributed by atoms with Gasteiger partial charge in [0.15, 0.2) is 0 Å². The van der Waals surface area contributed by atoms with Crippen molar-refractivity contribution in [3.8, 4) is 5.75 Å². The van der Waals surface area contributed by atoms with Gasteiger partial charge in [-0.15, -0.1) is 0 Å². The average Bonchev–Trinajstić information content (AvgIpc) is 2.37. The van der Waals surface area contributed by atoms with Crippen LogP contribution in [0.5, 0.6) is 5.75 Å². The lowest BCUT2D eigenvalue weighted by Crippen LogP contribution is -2.09. The van der Waals surface area contributed by atoms with Crippen molar-refractivity contribution in [3.05, 3.63) is 59.1 Å². The smallest absolute Gasteiger partial charge is 0.359 e. The summed E-state index contributed by atoms with van der Waals surface area (Å²) in [6.45, 7) is 0.216. The second kappa shape index (κ2) is 5.76. The van der Waals surface area contributed by atoms with Crippen molar-refractivity contribution in [2.45, 2.75) is 6.61 Å². The fourth-order valence-electron chi connectivity index (χ4n) is 1.56. The van der Waals surface area contributed by atoms with Gasteiger partial charge in [-0.2, -0.15) is 0 Å². The number of benzene rings is 2. The van der Waals surface area contributed by atoms with Crippen LogP contribution in [0.15, 0.2) is 48.5 Å². The Hall–Kier alpha value is -1.32. The Morgan fingerprint density at radius 2 is 1.68 bits per heavy atom. The molecule has 0 aromatic heterocycles. The van der Waals surface area contributed by atoms with E-state index in [4.69, 9.17) is 16.3 Å². The summed E-state index contributed by atoms with van der Waals surface area (Å²) >= 11 is 5.77. The van der Waals surface area contributed by atoms with E-state index in [1.54, 1.807) is 36.4 Å². The van der Waals surface area contributed by atoms with Crippen molar-refractivity contribution in [2.24, 2.45) is 0 Å². The molecule has 0 saturated heterocycles. The zero-order valence-corrected chi connectivity index (χ0v) is 11.5. The number of hydrogen-bond donors (Lipinski definition) is 2. The van der Waals surface area contributed by atoms with Gasteiger partial charge in [-0.1, -0.05) is 35.9 Å². The van der Waals surface area contributed by atoms with Crippen molar-refractivity contribution in [3.63, 3.8) is 0 Å². The van der Waals surface area contributed by atoms with E-state index < -0.39 is 7.60 Å². The summed E-state index contributed by atoms with van der Waals surface area (Å²) in [6, 6.07) is 13.2. The van der Waals surface area contributed by atoms with Crippen molar-refractivity contribution in [1.82, 2.24) is 0 Å². The van der Waals surface area contributed by atoms with Gasteiger partial charge in [0.2, 0.25) is 0 Å². The molecule has 0 amide bonds. The summed E-state index contributed by atoms with van der Waals surface area (Å²) < 4.78 is 16.8.